The molecule has 2 aliphatic heterocycles. The molecule has 0 fully saturated rings. The Labute approximate surface area is 191 Å². The molecule has 0 saturated carbocycles. The minimum atomic E-state index is -1.20. The zero-order valence-electron chi connectivity index (χ0n) is 18.2. The summed E-state index contributed by atoms with van der Waals surface area (Å²) in [5.74, 6) is -0.317. The van der Waals surface area contributed by atoms with Gasteiger partial charge < -0.3 is 14.4 Å². The Hall–Kier alpha value is -3.05. The summed E-state index contributed by atoms with van der Waals surface area (Å²) in [5.41, 5.74) is 5.13. The maximum Gasteiger partial charge on any atom is 0.341 e. The Morgan fingerprint density at radius 3 is 2.62 bits per heavy atom. The maximum absolute atomic E-state index is 12.7. The van der Waals surface area contributed by atoms with Gasteiger partial charge in [0.05, 0.1) is 12.3 Å². The number of halogens is 1. The molecule has 2 aliphatic rings. The lowest BCUT2D eigenvalue weighted by atomic mass is 9.76. The van der Waals surface area contributed by atoms with Crippen molar-refractivity contribution in [2.75, 3.05) is 6.61 Å². The molecule has 3 heterocycles. The highest BCUT2D eigenvalue weighted by Crippen LogP contribution is 2.49. The van der Waals surface area contributed by atoms with Crippen LogP contribution in [0.4, 0.5) is 0 Å². The molecule has 0 aliphatic carbocycles. The number of aromatic carboxylic acids is 1. The Morgan fingerprint density at radius 1 is 1.16 bits per heavy atom. The molecular weight excluding hydrogens is 426 g/mol. The molecule has 1 aromatic heterocycles. The van der Waals surface area contributed by atoms with Crippen molar-refractivity contribution >= 4 is 17.6 Å². The van der Waals surface area contributed by atoms with Gasteiger partial charge >= 0.3 is 5.97 Å². The summed E-state index contributed by atoms with van der Waals surface area (Å²) >= 11 is 6.27. The number of hydrogen-bond donors (Lipinski definition) is 1. The van der Waals surface area contributed by atoms with E-state index in [9.17, 15) is 14.7 Å². The van der Waals surface area contributed by atoms with E-state index in [1.807, 2.05) is 28.8 Å². The number of aromatic nitrogens is 1. The minimum absolute atomic E-state index is 0.00502. The number of benzene rings is 2. The van der Waals surface area contributed by atoms with Crippen molar-refractivity contribution in [2.45, 2.75) is 39.7 Å². The summed E-state index contributed by atoms with van der Waals surface area (Å²) in [6.07, 6.45) is 3.07. The first-order chi connectivity index (χ1) is 15.1. The molecule has 5 rings (SSSR count). The van der Waals surface area contributed by atoms with E-state index in [1.54, 1.807) is 0 Å². The lowest BCUT2D eigenvalue weighted by molar-refractivity contribution is 0.0693. The first-order valence-corrected chi connectivity index (χ1v) is 11.1. The van der Waals surface area contributed by atoms with Gasteiger partial charge in [0.25, 0.3) is 0 Å². The van der Waals surface area contributed by atoms with Crippen molar-refractivity contribution in [2.24, 2.45) is 5.41 Å². The Balaban J connectivity index is 1.83. The van der Waals surface area contributed by atoms with Gasteiger partial charge in [0.2, 0.25) is 0 Å². The highest BCUT2D eigenvalue weighted by Gasteiger charge is 2.36. The Bertz CT molecular complexity index is 1330. The van der Waals surface area contributed by atoms with Gasteiger partial charge in [-0.15, -0.1) is 0 Å². The molecule has 0 saturated heterocycles. The molecule has 0 spiro atoms. The maximum atomic E-state index is 12.7. The molecule has 0 amide bonds. The normalized spacial score (nSPS) is 16.7. The monoisotopic (exact) mass is 449 g/mol. The summed E-state index contributed by atoms with van der Waals surface area (Å²) in [4.78, 5) is 24.4. The van der Waals surface area contributed by atoms with Crippen LogP contribution in [-0.4, -0.2) is 22.2 Å². The average molecular weight is 450 g/mol. The predicted molar refractivity (Wildman–Crippen MR) is 125 cm³/mol. The second-order valence-corrected chi connectivity index (χ2v) is 10.0. The van der Waals surface area contributed by atoms with E-state index in [2.05, 4.69) is 26.8 Å². The molecule has 0 bridgehead atoms. The molecule has 0 unspecified atom stereocenters. The lowest BCUT2D eigenvalue weighted by Crippen LogP contribution is -2.33. The number of ether oxygens (including phenoxy) is 1. The summed E-state index contributed by atoms with van der Waals surface area (Å²) in [6.45, 7) is 7.04. The third-order valence-electron chi connectivity index (χ3n) is 6.55. The molecule has 1 atom stereocenters. The molecule has 1 N–H and O–H groups in total. The second kappa shape index (κ2) is 7.24. The highest BCUT2D eigenvalue weighted by molar-refractivity contribution is 6.30. The van der Waals surface area contributed by atoms with Crippen molar-refractivity contribution in [1.82, 2.24) is 4.57 Å². The average Bonchev–Trinajstić information content (AvgIpc) is 3.21. The predicted octanol–water partition coefficient (Wildman–Crippen LogP) is 5.61. The van der Waals surface area contributed by atoms with Gasteiger partial charge in [-0.1, -0.05) is 44.5 Å². The summed E-state index contributed by atoms with van der Waals surface area (Å²) < 4.78 is 8.07. The topological polar surface area (TPSA) is 68.5 Å². The van der Waals surface area contributed by atoms with E-state index >= 15 is 0 Å². The SMILES string of the molecule is CC(C)(C)[C@@H]1Cc2c(cc(-c3cccc(Cl)c3)c3c2CCO3)-c2cc(=O)c(C(=O)O)cn21. The lowest BCUT2D eigenvalue weighted by Gasteiger charge is -2.39. The van der Waals surface area contributed by atoms with Crippen LogP contribution in [0.1, 0.15) is 48.3 Å². The highest BCUT2D eigenvalue weighted by atomic mass is 35.5. The number of rotatable bonds is 2. The van der Waals surface area contributed by atoms with E-state index < -0.39 is 11.4 Å². The van der Waals surface area contributed by atoms with Gasteiger partial charge in [0, 0.05) is 46.4 Å². The number of hydrogen-bond acceptors (Lipinski definition) is 3. The van der Waals surface area contributed by atoms with Crippen LogP contribution in [-0.2, 0) is 12.8 Å². The van der Waals surface area contributed by atoms with E-state index in [0.717, 1.165) is 41.0 Å². The van der Waals surface area contributed by atoms with Crippen LogP contribution in [0.5, 0.6) is 5.75 Å². The Kier molecular flexibility index (Phi) is 4.71. The minimum Gasteiger partial charge on any atom is -0.492 e. The summed E-state index contributed by atoms with van der Waals surface area (Å²) in [7, 11) is 0. The van der Waals surface area contributed by atoms with Crippen molar-refractivity contribution in [1.29, 1.82) is 0 Å². The number of fused-ring (bicyclic) bond motifs is 5. The quantitative estimate of drug-likeness (QED) is 0.552. The van der Waals surface area contributed by atoms with Gasteiger partial charge in [0.15, 0.2) is 5.43 Å². The standard InChI is InChI=1S/C26H24ClNO4/c1-26(2,3)23-11-18-16-7-8-32-24(16)17(14-5-4-6-15(27)9-14)10-19(18)21-12-22(29)20(25(30)31)13-28(21)23/h4-6,9-10,12-13,23H,7-8,11H2,1-3H3,(H,30,31)/t23-/m0/s1. The van der Waals surface area contributed by atoms with Crippen LogP contribution in [0.25, 0.3) is 22.4 Å². The van der Waals surface area contributed by atoms with Crippen molar-refractivity contribution in [3.8, 4) is 28.1 Å². The summed E-state index contributed by atoms with van der Waals surface area (Å²) in [6, 6.07) is 11.2. The largest absolute Gasteiger partial charge is 0.492 e. The van der Waals surface area contributed by atoms with Crippen molar-refractivity contribution in [3.63, 3.8) is 0 Å². The Morgan fingerprint density at radius 2 is 1.94 bits per heavy atom. The molecule has 164 valence electrons. The van der Waals surface area contributed by atoms with Crippen LogP contribution in [0.15, 0.2) is 47.4 Å². The number of carboxylic acid groups (broad SMARTS) is 1. The number of carboxylic acids is 1. The van der Waals surface area contributed by atoms with E-state index in [1.165, 1.54) is 23.4 Å². The molecular formula is C26H24ClNO4. The molecule has 5 nitrogen and oxygen atoms in total. The molecule has 2 aromatic carbocycles. The zero-order chi connectivity index (χ0) is 22.8. The first kappa shape index (κ1) is 20.8. The fraction of sp³-hybridized carbons (Fsp3) is 0.308. The smallest absolute Gasteiger partial charge is 0.341 e. The number of carbonyl (C=O) groups is 1. The fourth-order valence-electron chi connectivity index (χ4n) is 4.97. The van der Waals surface area contributed by atoms with Crippen LogP contribution in [0.2, 0.25) is 5.02 Å². The van der Waals surface area contributed by atoms with Gasteiger partial charge in [-0.2, -0.15) is 0 Å². The van der Waals surface area contributed by atoms with E-state index in [-0.39, 0.29) is 17.0 Å². The zero-order valence-corrected chi connectivity index (χ0v) is 19.0. The van der Waals surface area contributed by atoms with Crippen LogP contribution in [0, 0.1) is 5.41 Å². The van der Waals surface area contributed by atoms with Gasteiger partial charge in [-0.3, -0.25) is 4.79 Å². The number of nitrogens with zero attached hydrogens (tertiary/aromatic N) is 1. The van der Waals surface area contributed by atoms with Crippen LogP contribution >= 0.6 is 11.6 Å². The van der Waals surface area contributed by atoms with Gasteiger partial charge in [-0.25, -0.2) is 4.79 Å². The van der Waals surface area contributed by atoms with E-state index in [4.69, 9.17) is 16.3 Å². The van der Waals surface area contributed by atoms with Crippen molar-refractivity contribution in [3.05, 3.63) is 74.5 Å². The van der Waals surface area contributed by atoms with Crippen molar-refractivity contribution < 1.29 is 14.6 Å². The van der Waals surface area contributed by atoms with Crippen LogP contribution in [0.3, 0.4) is 0 Å². The third kappa shape index (κ3) is 3.23. The first-order valence-electron chi connectivity index (χ1n) is 10.7. The second-order valence-electron chi connectivity index (χ2n) is 9.60. The van der Waals surface area contributed by atoms with Crippen LogP contribution < -0.4 is 10.2 Å². The van der Waals surface area contributed by atoms with Gasteiger partial charge in [-0.05, 0) is 41.2 Å². The van der Waals surface area contributed by atoms with Gasteiger partial charge in [0.1, 0.15) is 11.3 Å². The fourth-order valence-corrected chi connectivity index (χ4v) is 5.17. The molecule has 6 heteroatoms. The molecule has 3 aromatic rings. The third-order valence-corrected chi connectivity index (χ3v) is 6.78. The van der Waals surface area contributed by atoms with E-state index in [0.29, 0.717) is 11.6 Å². The molecule has 0 radical (unpaired) electrons. The molecule has 32 heavy (non-hydrogen) atoms. The number of pyridine rings is 1. The summed E-state index contributed by atoms with van der Waals surface area (Å²) in [5, 5.41) is 10.2.